The zero-order chi connectivity index (χ0) is 17.3. The largest absolute Gasteiger partial charge is 0.348 e. The van der Waals surface area contributed by atoms with Crippen LogP contribution in [0.3, 0.4) is 0 Å². The number of anilines is 1. The molecule has 0 saturated heterocycles. The summed E-state index contributed by atoms with van der Waals surface area (Å²) in [5, 5.41) is 20.7. The molecule has 0 fully saturated rings. The first kappa shape index (κ1) is 16.5. The van der Waals surface area contributed by atoms with Crippen molar-refractivity contribution in [2.45, 2.75) is 18.6 Å². The van der Waals surface area contributed by atoms with Crippen molar-refractivity contribution < 1.29 is 9.47 Å². The molecule has 0 radical (unpaired) electrons. The predicted octanol–water partition coefficient (Wildman–Crippen LogP) is 3.41. The molecule has 6 nitrogen and oxygen atoms in total. The Labute approximate surface area is 145 Å². The van der Waals surface area contributed by atoms with Crippen LogP contribution >= 0.6 is 11.6 Å². The Hall–Kier alpha value is -2.33. The number of aromatic nitrogens is 2. The molecule has 7 heteroatoms. The molecule has 0 amide bonds. The zero-order valence-corrected chi connectivity index (χ0v) is 14.3. The van der Waals surface area contributed by atoms with Crippen LogP contribution in [-0.4, -0.2) is 30.2 Å². The van der Waals surface area contributed by atoms with E-state index >= 15 is 0 Å². The van der Waals surface area contributed by atoms with E-state index in [1.165, 1.54) is 14.2 Å². The summed E-state index contributed by atoms with van der Waals surface area (Å²) in [6.45, 7) is 1.74. The monoisotopic (exact) mass is 344 g/mol. The van der Waals surface area contributed by atoms with Crippen LogP contribution in [0.2, 0.25) is 5.02 Å². The molecule has 0 saturated carbocycles. The van der Waals surface area contributed by atoms with Crippen LogP contribution < -0.4 is 5.32 Å². The number of methoxy groups -OCH3 is 2. The molecule has 1 atom stereocenters. The number of nitrogens with zero attached hydrogens (tertiary/aromatic N) is 2. The Morgan fingerprint density at radius 2 is 1.96 bits per heavy atom. The Morgan fingerprint density at radius 3 is 2.58 bits per heavy atom. The molecule has 24 heavy (non-hydrogen) atoms. The first-order valence-corrected chi connectivity index (χ1v) is 7.73. The van der Waals surface area contributed by atoms with Crippen LogP contribution in [0.15, 0.2) is 41.7 Å². The molecule has 2 heterocycles. The molecular formula is C17H17ClN4O2. The molecule has 1 aliphatic heterocycles. The fourth-order valence-electron chi connectivity index (χ4n) is 2.90. The Balaban J connectivity index is 2.27. The minimum Gasteiger partial charge on any atom is -0.348 e. The van der Waals surface area contributed by atoms with Crippen LogP contribution in [-0.2, 0) is 9.47 Å². The van der Waals surface area contributed by atoms with Gasteiger partial charge in [-0.3, -0.25) is 5.10 Å². The van der Waals surface area contributed by atoms with Gasteiger partial charge in [-0.2, -0.15) is 10.4 Å². The third-order valence-corrected chi connectivity index (χ3v) is 4.70. The summed E-state index contributed by atoms with van der Waals surface area (Å²) >= 11 is 6.40. The topological polar surface area (TPSA) is 83.0 Å². The van der Waals surface area contributed by atoms with Gasteiger partial charge in [0.25, 0.3) is 0 Å². The fraction of sp³-hybridized carbons (Fsp3) is 0.294. The highest BCUT2D eigenvalue weighted by Gasteiger charge is 2.40. The Kier molecular flexibility index (Phi) is 4.33. The highest BCUT2D eigenvalue weighted by Crippen LogP contribution is 2.45. The number of nitrogens with one attached hydrogen (secondary N) is 2. The lowest BCUT2D eigenvalue weighted by molar-refractivity contribution is -0.164. The number of benzene rings is 1. The number of fused-ring (bicyclic) bond motifs is 1. The van der Waals surface area contributed by atoms with E-state index in [-0.39, 0.29) is 5.92 Å². The standard InChI is InChI=1S/C17H17ClN4O2/c1-17(23-2,24-3)15-11(8-19)14(10-6-4-5-7-13(10)18)12-9-20-22-16(12)21-15/h4-7,9,14H,1-3H3,(H2,20,21,22). The summed E-state index contributed by atoms with van der Waals surface area (Å²) in [7, 11) is 3.05. The lowest BCUT2D eigenvalue weighted by Crippen LogP contribution is -2.39. The third-order valence-electron chi connectivity index (χ3n) is 4.35. The van der Waals surface area contributed by atoms with Gasteiger partial charge in [0.2, 0.25) is 5.79 Å². The molecule has 124 valence electrons. The first-order chi connectivity index (χ1) is 11.6. The number of rotatable bonds is 4. The van der Waals surface area contributed by atoms with Crippen LogP contribution in [0.4, 0.5) is 5.82 Å². The highest BCUT2D eigenvalue weighted by molar-refractivity contribution is 6.31. The number of ether oxygens (including phenoxy) is 2. The van der Waals surface area contributed by atoms with Crippen molar-refractivity contribution in [2.75, 3.05) is 19.5 Å². The van der Waals surface area contributed by atoms with Crippen molar-refractivity contribution in [3.63, 3.8) is 0 Å². The Morgan fingerprint density at radius 1 is 1.25 bits per heavy atom. The van der Waals surface area contributed by atoms with E-state index in [1.54, 1.807) is 19.2 Å². The summed E-state index contributed by atoms with van der Waals surface area (Å²) in [4.78, 5) is 0. The van der Waals surface area contributed by atoms with Crippen LogP contribution in [0.1, 0.15) is 24.0 Å². The molecule has 3 rings (SSSR count). The summed E-state index contributed by atoms with van der Waals surface area (Å²) in [6, 6.07) is 9.75. The maximum atomic E-state index is 9.87. The number of H-pyrrole nitrogens is 1. The van der Waals surface area contributed by atoms with Crippen molar-refractivity contribution in [3.8, 4) is 6.07 Å². The van der Waals surface area contributed by atoms with Crippen molar-refractivity contribution in [2.24, 2.45) is 0 Å². The molecule has 0 aliphatic carbocycles. The summed E-state index contributed by atoms with van der Waals surface area (Å²) in [5.74, 6) is -0.853. The molecule has 2 aromatic rings. The Bertz CT molecular complexity index is 833. The lowest BCUT2D eigenvalue weighted by atomic mass is 9.82. The lowest BCUT2D eigenvalue weighted by Gasteiger charge is -2.35. The van der Waals surface area contributed by atoms with E-state index in [2.05, 4.69) is 21.6 Å². The molecule has 1 aliphatic rings. The number of hydrogen-bond donors (Lipinski definition) is 2. The normalized spacial score (nSPS) is 17.2. The van der Waals surface area contributed by atoms with Gasteiger partial charge in [0.05, 0.1) is 23.3 Å². The molecule has 1 aromatic heterocycles. The van der Waals surface area contributed by atoms with E-state index < -0.39 is 5.79 Å². The average Bonchev–Trinajstić information content (AvgIpc) is 3.08. The van der Waals surface area contributed by atoms with Gasteiger partial charge in [-0.1, -0.05) is 29.8 Å². The number of halogens is 1. The number of hydrogen-bond acceptors (Lipinski definition) is 5. The van der Waals surface area contributed by atoms with Crippen molar-refractivity contribution in [3.05, 3.63) is 57.9 Å². The van der Waals surface area contributed by atoms with E-state index in [4.69, 9.17) is 21.1 Å². The molecular weight excluding hydrogens is 328 g/mol. The molecule has 0 spiro atoms. The fourth-order valence-corrected chi connectivity index (χ4v) is 3.15. The molecule has 2 N–H and O–H groups in total. The van der Waals surface area contributed by atoms with E-state index in [9.17, 15) is 5.26 Å². The third kappa shape index (κ3) is 2.47. The molecule has 1 unspecified atom stereocenters. The van der Waals surface area contributed by atoms with E-state index in [0.29, 0.717) is 22.1 Å². The molecule has 1 aromatic carbocycles. The smallest absolute Gasteiger partial charge is 0.207 e. The second kappa shape index (κ2) is 6.29. The van der Waals surface area contributed by atoms with Crippen molar-refractivity contribution in [1.82, 2.24) is 10.2 Å². The van der Waals surface area contributed by atoms with Gasteiger partial charge in [-0.25, -0.2) is 0 Å². The van der Waals surface area contributed by atoms with Gasteiger partial charge in [0, 0.05) is 31.0 Å². The summed E-state index contributed by atoms with van der Waals surface area (Å²) < 4.78 is 11.0. The maximum Gasteiger partial charge on any atom is 0.207 e. The highest BCUT2D eigenvalue weighted by atomic mass is 35.5. The minimum atomic E-state index is -1.11. The maximum absolute atomic E-state index is 9.87. The zero-order valence-electron chi connectivity index (χ0n) is 13.6. The van der Waals surface area contributed by atoms with E-state index in [0.717, 1.165) is 11.1 Å². The number of nitriles is 1. The van der Waals surface area contributed by atoms with Gasteiger partial charge in [0.1, 0.15) is 0 Å². The predicted molar refractivity (Wildman–Crippen MR) is 90.6 cm³/mol. The minimum absolute atomic E-state index is 0.363. The van der Waals surface area contributed by atoms with Crippen molar-refractivity contribution >= 4 is 17.4 Å². The van der Waals surface area contributed by atoms with Gasteiger partial charge in [-0.15, -0.1) is 0 Å². The molecule has 0 bridgehead atoms. The quantitative estimate of drug-likeness (QED) is 0.830. The van der Waals surface area contributed by atoms with Crippen molar-refractivity contribution in [1.29, 1.82) is 5.26 Å². The van der Waals surface area contributed by atoms with Crippen LogP contribution in [0.5, 0.6) is 0 Å². The van der Waals surface area contributed by atoms with Crippen LogP contribution in [0.25, 0.3) is 0 Å². The van der Waals surface area contributed by atoms with Gasteiger partial charge >= 0.3 is 0 Å². The van der Waals surface area contributed by atoms with Gasteiger partial charge < -0.3 is 14.8 Å². The summed E-state index contributed by atoms with van der Waals surface area (Å²) in [5.41, 5.74) is 2.66. The second-order valence-electron chi connectivity index (χ2n) is 5.52. The first-order valence-electron chi connectivity index (χ1n) is 7.36. The second-order valence-corrected chi connectivity index (χ2v) is 5.93. The van der Waals surface area contributed by atoms with E-state index in [1.807, 2.05) is 18.2 Å². The number of allylic oxidation sites excluding steroid dienone is 1. The summed E-state index contributed by atoms with van der Waals surface area (Å²) in [6.07, 6.45) is 1.77. The average molecular weight is 345 g/mol. The van der Waals surface area contributed by atoms with Crippen LogP contribution in [0, 0.1) is 11.3 Å². The van der Waals surface area contributed by atoms with Gasteiger partial charge in [0.15, 0.2) is 5.82 Å². The van der Waals surface area contributed by atoms with Gasteiger partial charge in [-0.05, 0) is 18.6 Å². The number of aromatic amines is 1. The SMILES string of the molecule is COC(C)(OC)C1=C(C#N)C(c2ccccc2Cl)c2c[nH]nc2N1.